The molecule has 0 spiro atoms. The smallest absolute Gasteiger partial charge is 0.207 e. The average Bonchev–Trinajstić information content (AvgIpc) is 2.94. The topological polar surface area (TPSA) is 52.6 Å². The molecule has 4 rings (SSSR count). The van der Waals surface area contributed by atoms with Crippen LogP contribution in [0.2, 0.25) is 0 Å². The molecule has 0 N–H and O–H groups in total. The van der Waals surface area contributed by atoms with E-state index < -0.39 is 101 Å². The van der Waals surface area contributed by atoms with Crippen LogP contribution in [0.4, 0.5) is 43.9 Å². The molecule has 39 heavy (non-hydrogen) atoms. The lowest BCUT2D eigenvalue weighted by molar-refractivity contribution is 0.332. The van der Waals surface area contributed by atoms with E-state index in [4.69, 9.17) is 9.47 Å². The Morgan fingerprint density at radius 2 is 0.615 bits per heavy atom. The van der Waals surface area contributed by atoms with E-state index in [-0.39, 0.29) is 0 Å². The fourth-order valence-electron chi connectivity index (χ4n) is 3.09. The molecular weight excluding hydrogens is 574 g/mol. The molecule has 0 amide bonds. The van der Waals surface area contributed by atoms with Crippen molar-refractivity contribution in [2.45, 2.75) is 9.79 Å². The van der Waals surface area contributed by atoms with E-state index in [1.165, 1.54) is 0 Å². The van der Waals surface area contributed by atoms with Crippen molar-refractivity contribution in [3.05, 3.63) is 107 Å². The first-order valence-electron chi connectivity index (χ1n) is 10.1. The van der Waals surface area contributed by atoms with Crippen LogP contribution in [0, 0.1) is 58.2 Å². The van der Waals surface area contributed by atoms with Crippen molar-refractivity contribution in [3.8, 4) is 23.0 Å². The largest absolute Gasteiger partial charge is 0.451 e. The van der Waals surface area contributed by atoms with Crippen LogP contribution in [0.1, 0.15) is 0 Å². The molecule has 0 aliphatic heterocycles. The first kappa shape index (κ1) is 27.8. The van der Waals surface area contributed by atoms with Gasteiger partial charge in [0, 0.05) is 0 Å². The Balaban J connectivity index is 1.57. The maximum atomic E-state index is 13.8. The fraction of sp³-hybridized carbons (Fsp3) is 0. The summed E-state index contributed by atoms with van der Waals surface area (Å²) in [5.74, 6) is -27.1. The minimum Gasteiger partial charge on any atom is -0.451 e. The molecule has 0 atom stereocenters. The molecule has 4 nitrogen and oxygen atoms in total. The van der Waals surface area contributed by atoms with Crippen LogP contribution in [-0.2, 0) is 9.84 Å². The molecule has 0 saturated carbocycles. The van der Waals surface area contributed by atoms with E-state index in [0.717, 1.165) is 48.5 Å². The summed E-state index contributed by atoms with van der Waals surface area (Å²) in [6.45, 7) is 0. The third kappa shape index (κ3) is 4.84. The zero-order chi connectivity index (χ0) is 28.8. The summed E-state index contributed by atoms with van der Waals surface area (Å²) in [6.07, 6.45) is 0. The number of hydrogen-bond acceptors (Lipinski definition) is 4. The molecule has 204 valence electrons. The highest BCUT2D eigenvalue weighted by molar-refractivity contribution is 7.91. The molecule has 15 heteroatoms. The van der Waals surface area contributed by atoms with Crippen LogP contribution in [0.3, 0.4) is 0 Å². The predicted molar refractivity (Wildman–Crippen MR) is 111 cm³/mol. The van der Waals surface area contributed by atoms with E-state index in [1.807, 2.05) is 0 Å². The van der Waals surface area contributed by atoms with Crippen LogP contribution in [-0.4, -0.2) is 8.42 Å². The number of ether oxygens (including phenoxy) is 2. The highest BCUT2D eigenvalue weighted by atomic mass is 32.2. The van der Waals surface area contributed by atoms with E-state index in [2.05, 4.69) is 0 Å². The van der Waals surface area contributed by atoms with Crippen molar-refractivity contribution in [2.75, 3.05) is 0 Å². The minimum absolute atomic E-state index is 0.444. The Morgan fingerprint density at radius 1 is 0.385 bits per heavy atom. The van der Waals surface area contributed by atoms with Gasteiger partial charge in [-0.3, -0.25) is 0 Å². The number of halogens is 10. The second-order valence-corrected chi connectivity index (χ2v) is 9.40. The van der Waals surface area contributed by atoms with Gasteiger partial charge in [0.25, 0.3) is 0 Å². The second-order valence-electron chi connectivity index (χ2n) is 7.45. The van der Waals surface area contributed by atoms with Gasteiger partial charge in [0.05, 0.1) is 9.79 Å². The quantitative estimate of drug-likeness (QED) is 0.134. The summed E-state index contributed by atoms with van der Waals surface area (Å²) in [5, 5.41) is 0. The molecular formula is C24H8F10O4S. The third-order valence-corrected chi connectivity index (χ3v) is 6.83. The lowest BCUT2D eigenvalue weighted by Gasteiger charge is -2.12. The van der Waals surface area contributed by atoms with Gasteiger partial charge in [-0.2, -0.15) is 17.6 Å². The molecule has 4 aromatic carbocycles. The third-order valence-electron chi connectivity index (χ3n) is 5.05. The van der Waals surface area contributed by atoms with Crippen LogP contribution in [0.25, 0.3) is 0 Å². The maximum absolute atomic E-state index is 13.8. The molecule has 0 unspecified atom stereocenters. The van der Waals surface area contributed by atoms with E-state index in [9.17, 15) is 52.3 Å². The van der Waals surface area contributed by atoms with Gasteiger partial charge in [0.2, 0.25) is 79.5 Å². The second kappa shape index (κ2) is 10.1. The minimum atomic E-state index is -4.34. The molecule has 0 heterocycles. The number of rotatable bonds is 6. The van der Waals surface area contributed by atoms with Crippen molar-refractivity contribution in [3.63, 3.8) is 0 Å². The van der Waals surface area contributed by atoms with Gasteiger partial charge in [-0.05, 0) is 48.5 Å². The highest BCUT2D eigenvalue weighted by Crippen LogP contribution is 2.35. The normalized spacial score (nSPS) is 11.5. The Hall–Kier alpha value is -4.27. The van der Waals surface area contributed by atoms with Gasteiger partial charge in [-0.1, -0.05) is 0 Å². The summed E-state index contributed by atoms with van der Waals surface area (Å²) in [7, 11) is -4.34. The van der Waals surface area contributed by atoms with Crippen LogP contribution < -0.4 is 9.47 Å². The molecule has 0 bridgehead atoms. The first-order chi connectivity index (χ1) is 18.2. The summed E-state index contributed by atoms with van der Waals surface area (Å²) < 4.78 is 170. The van der Waals surface area contributed by atoms with Crippen molar-refractivity contribution in [2.24, 2.45) is 0 Å². The van der Waals surface area contributed by atoms with Crippen molar-refractivity contribution in [1.82, 2.24) is 0 Å². The Kier molecular flexibility index (Phi) is 7.21. The summed E-state index contributed by atoms with van der Waals surface area (Å²) in [4.78, 5) is -0.888. The molecule has 0 saturated heterocycles. The van der Waals surface area contributed by atoms with Crippen LogP contribution in [0.15, 0.2) is 58.3 Å². The molecule has 4 aromatic rings. The average molecular weight is 582 g/mol. The molecule has 0 radical (unpaired) electrons. The van der Waals surface area contributed by atoms with Gasteiger partial charge in [-0.15, -0.1) is 0 Å². The highest BCUT2D eigenvalue weighted by Gasteiger charge is 2.29. The van der Waals surface area contributed by atoms with E-state index in [0.29, 0.717) is 0 Å². The van der Waals surface area contributed by atoms with E-state index >= 15 is 0 Å². The van der Waals surface area contributed by atoms with Gasteiger partial charge in [0.15, 0.2) is 0 Å². The van der Waals surface area contributed by atoms with Gasteiger partial charge < -0.3 is 9.47 Å². The van der Waals surface area contributed by atoms with Crippen LogP contribution in [0.5, 0.6) is 23.0 Å². The summed E-state index contributed by atoms with van der Waals surface area (Å²) in [6, 6.07) is 6.89. The van der Waals surface area contributed by atoms with Crippen molar-refractivity contribution < 1.29 is 61.8 Å². The number of hydrogen-bond donors (Lipinski definition) is 0. The summed E-state index contributed by atoms with van der Waals surface area (Å²) >= 11 is 0. The van der Waals surface area contributed by atoms with Gasteiger partial charge in [0.1, 0.15) is 11.5 Å². The number of benzene rings is 4. The summed E-state index contributed by atoms with van der Waals surface area (Å²) in [5.41, 5.74) is 0. The molecule has 0 aliphatic carbocycles. The lowest BCUT2D eigenvalue weighted by Crippen LogP contribution is -2.05. The Bertz CT molecular complexity index is 1530. The maximum Gasteiger partial charge on any atom is 0.207 e. The molecule has 0 fully saturated rings. The van der Waals surface area contributed by atoms with Gasteiger partial charge >= 0.3 is 0 Å². The Labute approximate surface area is 211 Å². The van der Waals surface area contributed by atoms with E-state index in [1.54, 1.807) is 0 Å². The van der Waals surface area contributed by atoms with Crippen LogP contribution >= 0.6 is 0 Å². The standard InChI is InChI=1S/C24H8F10O4S/c25-13-15(27)19(31)23(20(32)16(13)28)37-9-1-5-11(6-2-9)39(35,36)12-7-3-10(4-8-12)38-24-21(33)17(29)14(26)18(30)22(24)34/h1-8H. The Morgan fingerprint density at radius 3 is 0.872 bits per heavy atom. The fourth-order valence-corrected chi connectivity index (χ4v) is 4.36. The monoisotopic (exact) mass is 582 g/mol. The predicted octanol–water partition coefficient (Wildman–Crippen LogP) is 7.50. The van der Waals surface area contributed by atoms with Crippen molar-refractivity contribution >= 4 is 9.84 Å². The zero-order valence-electron chi connectivity index (χ0n) is 18.4. The lowest BCUT2D eigenvalue weighted by atomic mass is 10.2. The first-order valence-corrected chi connectivity index (χ1v) is 11.6. The van der Waals surface area contributed by atoms with Gasteiger partial charge in [-0.25, -0.2) is 34.8 Å². The number of sulfone groups is 1. The van der Waals surface area contributed by atoms with Crippen molar-refractivity contribution in [1.29, 1.82) is 0 Å². The zero-order valence-corrected chi connectivity index (χ0v) is 19.3. The molecule has 0 aliphatic rings. The SMILES string of the molecule is O=S(=O)(c1ccc(Oc2c(F)c(F)c(F)c(F)c2F)cc1)c1ccc(Oc2c(F)c(F)c(F)c(F)c2F)cc1. The molecule has 0 aromatic heterocycles.